The molecule has 7 nitrogen and oxygen atoms in total. The number of fused-ring (bicyclic) bond motifs is 1. The summed E-state index contributed by atoms with van der Waals surface area (Å²) in [4.78, 5) is 35.1. The van der Waals surface area contributed by atoms with Crippen LogP contribution in [0.4, 0.5) is 5.82 Å². The van der Waals surface area contributed by atoms with Crippen molar-refractivity contribution in [2.75, 3.05) is 18.4 Å². The molecule has 0 spiro atoms. The number of hydrogen-bond donors (Lipinski definition) is 1. The van der Waals surface area contributed by atoms with Crippen LogP contribution < -0.4 is 5.32 Å². The first-order valence-electron chi connectivity index (χ1n) is 11.2. The van der Waals surface area contributed by atoms with Crippen molar-refractivity contribution < 1.29 is 9.59 Å². The molecule has 1 aromatic carbocycles. The fourth-order valence-electron chi connectivity index (χ4n) is 4.56. The van der Waals surface area contributed by atoms with Crippen molar-refractivity contribution in [3.8, 4) is 11.3 Å². The van der Waals surface area contributed by atoms with E-state index in [1.165, 1.54) is 11.6 Å². The highest BCUT2D eigenvalue weighted by Crippen LogP contribution is 2.35. The molecule has 4 heterocycles. The highest BCUT2D eigenvalue weighted by molar-refractivity contribution is 6.04. The first-order chi connectivity index (χ1) is 16.5. The molecule has 1 unspecified atom stereocenters. The molecule has 2 amide bonds. The summed E-state index contributed by atoms with van der Waals surface area (Å²) in [6, 6.07) is 15.4. The van der Waals surface area contributed by atoms with Crippen molar-refractivity contribution in [3.63, 3.8) is 0 Å². The molecule has 1 aliphatic heterocycles. The van der Waals surface area contributed by atoms with Crippen LogP contribution in [0.3, 0.4) is 0 Å². The number of aromatic nitrogens is 3. The SMILES string of the molecule is C=CC(=O)N1CCC(c2cc(-c3ccc(C(=O)Nc4cc(C)ccn4)cc3)n3cnccc23)C1. The molecule has 34 heavy (non-hydrogen) atoms. The van der Waals surface area contributed by atoms with Gasteiger partial charge < -0.3 is 14.6 Å². The van der Waals surface area contributed by atoms with Crippen LogP contribution in [0.15, 0.2) is 79.9 Å². The minimum Gasteiger partial charge on any atom is -0.339 e. The third kappa shape index (κ3) is 4.08. The lowest BCUT2D eigenvalue weighted by molar-refractivity contribution is -0.125. The van der Waals surface area contributed by atoms with Crippen molar-refractivity contribution in [2.24, 2.45) is 0 Å². The summed E-state index contributed by atoms with van der Waals surface area (Å²) in [5.41, 5.74) is 5.85. The second kappa shape index (κ2) is 8.94. The predicted octanol–water partition coefficient (Wildman–Crippen LogP) is 4.46. The number of carbonyl (C=O) groups excluding carboxylic acids is 2. The summed E-state index contributed by atoms with van der Waals surface area (Å²) < 4.78 is 2.07. The van der Waals surface area contributed by atoms with E-state index in [1.54, 1.807) is 18.7 Å². The van der Waals surface area contributed by atoms with Crippen molar-refractivity contribution in [1.82, 2.24) is 19.3 Å². The fraction of sp³-hybridized carbons (Fsp3) is 0.185. The lowest BCUT2D eigenvalue weighted by Crippen LogP contribution is -2.26. The second-order valence-electron chi connectivity index (χ2n) is 8.54. The lowest BCUT2D eigenvalue weighted by atomic mass is 9.98. The van der Waals surface area contributed by atoms with Gasteiger partial charge in [0, 0.05) is 37.0 Å². The van der Waals surface area contributed by atoms with Crippen LogP contribution in [0.2, 0.25) is 0 Å². The van der Waals surface area contributed by atoms with Crippen LogP contribution in [0.1, 0.15) is 33.8 Å². The van der Waals surface area contributed by atoms with E-state index < -0.39 is 0 Å². The fourth-order valence-corrected chi connectivity index (χ4v) is 4.56. The molecule has 1 aliphatic rings. The second-order valence-corrected chi connectivity index (χ2v) is 8.54. The Morgan fingerprint density at radius 2 is 1.94 bits per heavy atom. The number of nitrogens with zero attached hydrogens (tertiary/aromatic N) is 4. The number of benzene rings is 1. The summed E-state index contributed by atoms with van der Waals surface area (Å²) in [7, 11) is 0. The largest absolute Gasteiger partial charge is 0.339 e. The minimum atomic E-state index is -0.204. The normalized spacial score (nSPS) is 15.4. The number of carbonyl (C=O) groups is 2. The Morgan fingerprint density at radius 1 is 1.12 bits per heavy atom. The van der Waals surface area contributed by atoms with Gasteiger partial charge in [0.05, 0.1) is 17.5 Å². The Balaban J connectivity index is 1.42. The molecule has 5 rings (SSSR count). The zero-order valence-corrected chi connectivity index (χ0v) is 18.9. The summed E-state index contributed by atoms with van der Waals surface area (Å²) in [5.74, 6) is 0.553. The van der Waals surface area contributed by atoms with Crippen molar-refractivity contribution in [1.29, 1.82) is 0 Å². The van der Waals surface area contributed by atoms with Crippen LogP contribution in [0.25, 0.3) is 16.8 Å². The monoisotopic (exact) mass is 451 g/mol. The maximum Gasteiger partial charge on any atom is 0.256 e. The van der Waals surface area contributed by atoms with E-state index in [-0.39, 0.29) is 17.7 Å². The Bertz CT molecular complexity index is 1390. The highest BCUT2D eigenvalue weighted by atomic mass is 16.2. The Labute approximate surface area is 197 Å². The maximum atomic E-state index is 12.7. The zero-order valence-electron chi connectivity index (χ0n) is 18.9. The van der Waals surface area contributed by atoms with Gasteiger partial charge >= 0.3 is 0 Å². The molecule has 170 valence electrons. The van der Waals surface area contributed by atoms with Gasteiger partial charge in [-0.1, -0.05) is 18.7 Å². The molecule has 1 N–H and O–H groups in total. The Hall–Kier alpha value is -4.26. The lowest BCUT2D eigenvalue weighted by Gasteiger charge is -2.13. The van der Waals surface area contributed by atoms with Gasteiger partial charge in [-0.25, -0.2) is 9.97 Å². The first kappa shape index (κ1) is 21.6. The van der Waals surface area contributed by atoms with Crippen molar-refractivity contribution in [3.05, 3.63) is 96.6 Å². The molecule has 0 bridgehead atoms. The summed E-state index contributed by atoms with van der Waals surface area (Å²) in [5, 5.41) is 2.84. The van der Waals surface area contributed by atoms with Gasteiger partial charge in [0.15, 0.2) is 0 Å². The maximum absolute atomic E-state index is 12.7. The topological polar surface area (TPSA) is 79.6 Å². The number of hydrogen-bond acceptors (Lipinski definition) is 4. The van der Waals surface area contributed by atoms with E-state index in [1.807, 2.05) is 54.3 Å². The van der Waals surface area contributed by atoms with Gasteiger partial charge in [-0.05, 0) is 72.5 Å². The van der Waals surface area contributed by atoms with E-state index >= 15 is 0 Å². The third-order valence-corrected chi connectivity index (χ3v) is 6.32. The molecule has 0 aliphatic carbocycles. The van der Waals surface area contributed by atoms with Crippen LogP contribution in [-0.2, 0) is 4.79 Å². The minimum absolute atomic E-state index is 0.0253. The van der Waals surface area contributed by atoms with Gasteiger partial charge in [0.1, 0.15) is 5.82 Å². The number of amides is 2. The zero-order chi connectivity index (χ0) is 23.7. The van der Waals surface area contributed by atoms with Crippen molar-refractivity contribution in [2.45, 2.75) is 19.3 Å². The first-order valence-corrected chi connectivity index (χ1v) is 11.2. The Morgan fingerprint density at radius 3 is 2.71 bits per heavy atom. The van der Waals surface area contributed by atoms with Crippen molar-refractivity contribution >= 4 is 23.1 Å². The average Bonchev–Trinajstić information content (AvgIpc) is 3.49. The highest BCUT2D eigenvalue weighted by Gasteiger charge is 2.28. The quantitative estimate of drug-likeness (QED) is 0.455. The van der Waals surface area contributed by atoms with Gasteiger partial charge in [0.2, 0.25) is 5.91 Å². The van der Waals surface area contributed by atoms with Gasteiger partial charge in [0.25, 0.3) is 5.91 Å². The number of likely N-dealkylation sites (tertiary alicyclic amines) is 1. The van der Waals surface area contributed by atoms with Crippen LogP contribution in [0, 0.1) is 6.92 Å². The van der Waals surface area contributed by atoms with Crippen LogP contribution >= 0.6 is 0 Å². The number of nitrogens with one attached hydrogen (secondary N) is 1. The average molecular weight is 452 g/mol. The van der Waals surface area contributed by atoms with Gasteiger partial charge in [-0.2, -0.15) is 0 Å². The third-order valence-electron chi connectivity index (χ3n) is 6.32. The molecule has 0 saturated carbocycles. The summed E-state index contributed by atoms with van der Waals surface area (Å²) in [6.45, 7) is 6.97. The predicted molar refractivity (Wildman–Crippen MR) is 132 cm³/mol. The molecule has 7 heteroatoms. The summed E-state index contributed by atoms with van der Waals surface area (Å²) in [6.07, 6.45) is 7.56. The van der Waals surface area contributed by atoms with Gasteiger partial charge in [-0.15, -0.1) is 0 Å². The number of aryl methyl sites for hydroxylation is 1. The van der Waals surface area contributed by atoms with Crippen LogP contribution in [-0.4, -0.2) is 44.2 Å². The molecule has 3 aromatic heterocycles. The molecule has 1 atom stereocenters. The molecular formula is C27H25N5O2. The van der Waals surface area contributed by atoms with Gasteiger partial charge in [-0.3, -0.25) is 9.59 Å². The molecule has 0 radical (unpaired) electrons. The molecule has 1 saturated heterocycles. The van der Waals surface area contributed by atoms with E-state index in [0.29, 0.717) is 17.9 Å². The van der Waals surface area contributed by atoms with E-state index in [4.69, 9.17) is 0 Å². The van der Waals surface area contributed by atoms with Crippen LogP contribution in [0.5, 0.6) is 0 Å². The van der Waals surface area contributed by atoms with E-state index in [2.05, 4.69) is 32.3 Å². The summed E-state index contributed by atoms with van der Waals surface area (Å²) >= 11 is 0. The number of rotatable bonds is 5. The molecular weight excluding hydrogens is 426 g/mol. The van der Waals surface area contributed by atoms with E-state index in [9.17, 15) is 9.59 Å². The van der Waals surface area contributed by atoms with E-state index in [0.717, 1.165) is 35.3 Å². The standard InChI is InChI=1S/C27H25N5O2/c1-3-26(33)31-13-10-21(16-31)22-15-24(32-17-28-11-9-23(22)32)19-4-6-20(7-5-19)27(34)30-25-14-18(2)8-12-29-25/h3-9,11-12,14-15,17,21H,1,10,13,16H2,2H3,(H,29,30,34). The number of anilines is 1. The Kier molecular flexibility index (Phi) is 5.67. The smallest absolute Gasteiger partial charge is 0.256 e. The number of pyridine rings is 1. The molecule has 4 aromatic rings. The molecule has 1 fully saturated rings.